The van der Waals surface area contributed by atoms with Crippen LogP contribution >= 0.6 is 0 Å². The van der Waals surface area contributed by atoms with Gasteiger partial charge in [-0.05, 0) is 24.3 Å². The number of carbonyl (C=O) groups is 1. The van der Waals surface area contributed by atoms with Gasteiger partial charge in [0.2, 0.25) is 0 Å². The number of alkyl halides is 6. The summed E-state index contributed by atoms with van der Waals surface area (Å²) in [6.07, 6.45) is -8.90. The molecule has 1 aromatic carbocycles. The molecule has 1 N–H and O–H groups in total. The third-order valence-electron chi connectivity index (χ3n) is 1.97. The Bertz CT molecular complexity index is 530. The third-order valence-corrected chi connectivity index (χ3v) is 1.97. The van der Waals surface area contributed by atoms with Crippen LogP contribution in [0.3, 0.4) is 0 Å². The van der Waals surface area contributed by atoms with E-state index < -0.39 is 35.4 Å². The molecule has 110 valence electrons. The van der Waals surface area contributed by atoms with E-state index in [1.165, 1.54) is 0 Å². The van der Waals surface area contributed by atoms with Crippen LogP contribution in [0.15, 0.2) is 24.3 Å². The van der Waals surface area contributed by atoms with Crippen molar-refractivity contribution < 1.29 is 41.0 Å². The van der Waals surface area contributed by atoms with Gasteiger partial charge in [0.1, 0.15) is 5.75 Å². The predicted octanol–water partition coefficient (Wildman–Crippen LogP) is 3.70. The van der Waals surface area contributed by atoms with Gasteiger partial charge >= 0.3 is 18.5 Å². The number of ether oxygens (including phenoxy) is 1. The number of carboxylic acid groups (broad SMARTS) is 1. The van der Waals surface area contributed by atoms with E-state index in [9.17, 15) is 31.1 Å². The van der Waals surface area contributed by atoms with Crippen molar-refractivity contribution in [2.75, 3.05) is 0 Å². The fourth-order valence-electron chi connectivity index (χ4n) is 1.23. The SMILES string of the molecule is O=C(O)/C=C/c1cc(C(F)(F)F)ccc1OC(F)(F)F. The lowest BCUT2D eigenvalue weighted by molar-refractivity contribution is -0.274. The van der Waals surface area contributed by atoms with Crippen molar-refractivity contribution in [1.29, 1.82) is 0 Å². The van der Waals surface area contributed by atoms with Gasteiger partial charge in [0, 0.05) is 11.6 Å². The molecule has 0 radical (unpaired) electrons. The fraction of sp³-hybridized carbons (Fsp3) is 0.182. The Kier molecular flexibility index (Phi) is 4.31. The Hall–Kier alpha value is -2.19. The van der Waals surface area contributed by atoms with Gasteiger partial charge in [0.05, 0.1) is 5.56 Å². The summed E-state index contributed by atoms with van der Waals surface area (Å²) in [5.74, 6) is -2.46. The van der Waals surface area contributed by atoms with Crippen molar-refractivity contribution in [1.82, 2.24) is 0 Å². The van der Waals surface area contributed by atoms with Crippen LogP contribution in [-0.4, -0.2) is 17.4 Å². The number of carboxylic acids is 1. The van der Waals surface area contributed by atoms with Crippen LogP contribution in [-0.2, 0) is 11.0 Å². The normalized spacial score (nSPS) is 12.7. The van der Waals surface area contributed by atoms with Crippen LogP contribution in [0.5, 0.6) is 5.75 Å². The molecule has 1 aromatic rings. The molecule has 20 heavy (non-hydrogen) atoms. The zero-order chi connectivity index (χ0) is 15.6. The molecular weight excluding hydrogens is 294 g/mol. The standard InChI is InChI=1S/C11H6F6O3/c12-10(13,14)7-2-3-8(20-11(15,16)17)6(5-7)1-4-9(18)19/h1-5H,(H,18,19)/b4-1+. The van der Waals surface area contributed by atoms with Gasteiger partial charge in [-0.15, -0.1) is 13.2 Å². The summed E-state index contributed by atoms with van der Waals surface area (Å²) in [6, 6.07) is 1.23. The summed E-state index contributed by atoms with van der Waals surface area (Å²) in [6.45, 7) is 0. The first-order valence-electron chi connectivity index (χ1n) is 4.87. The lowest BCUT2D eigenvalue weighted by Gasteiger charge is -2.13. The molecule has 1 rings (SSSR count). The van der Waals surface area contributed by atoms with E-state index in [4.69, 9.17) is 5.11 Å². The van der Waals surface area contributed by atoms with Crippen molar-refractivity contribution in [2.24, 2.45) is 0 Å². The topological polar surface area (TPSA) is 46.5 Å². The molecule has 0 aliphatic heterocycles. The smallest absolute Gasteiger partial charge is 0.478 e. The van der Waals surface area contributed by atoms with Gasteiger partial charge in [0.15, 0.2) is 0 Å². The lowest BCUT2D eigenvalue weighted by Crippen LogP contribution is -2.18. The molecule has 0 atom stereocenters. The second-order valence-electron chi connectivity index (χ2n) is 3.47. The minimum Gasteiger partial charge on any atom is -0.478 e. The van der Waals surface area contributed by atoms with Crippen LogP contribution in [0.4, 0.5) is 26.3 Å². The Labute approximate surface area is 108 Å². The molecule has 3 nitrogen and oxygen atoms in total. The van der Waals surface area contributed by atoms with E-state index in [0.717, 1.165) is 0 Å². The quantitative estimate of drug-likeness (QED) is 0.684. The highest BCUT2D eigenvalue weighted by Crippen LogP contribution is 2.34. The highest BCUT2D eigenvalue weighted by Gasteiger charge is 2.34. The minimum atomic E-state index is -5.11. The summed E-state index contributed by atoms with van der Waals surface area (Å²) >= 11 is 0. The monoisotopic (exact) mass is 300 g/mol. The summed E-state index contributed by atoms with van der Waals surface area (Å²) < 4.78 is 77.0. The number of halogens is 6. The van der Waals surface area contributed by atoms with Gasteiger partial charge < -0.3 is 9.84 Å². The number of hydrogen-bond donors (Lipinski definition) is 1. The molecule has 0 unspecified atom stereocenters. The summed E-state index contributed by atoms with van der Waals surface area (Å²) in [7, 11) is 0. The lowest BCUT2D eigenvalue weighted by atomic mass is 10.1. The van der Waals surface area contributed by atoms with Gasteiger partial charge in [0.25, 0.3) is 0 Å². The van der Waals surface area contributed by atoms with Crippen LogP contribution in [0.1, 0.15) is 11.1 Å². The first-order valence-corrected chi connectivity index (χ1v) is 4.87. The van der Waals surface area contributed by atoms with Crippen LogP contribution in [0, 0.1) is 0 Å². The van der Waals surface area contributed by atoms with Gasteiger partial charge in [-0.3, -0.25) is 0 Å². The largest absolute Gasteiger partial charge is 0.573 e. The molecule has 0 aliphatic carbocycles. The predicted molar refractivity (Wildman–Crippen MR) is 54.8 cm³/mol. The van der Waals surface area contributed by atoms with Crippen LogP contribution in [0.2, 0.25) is 0 Å². The van der Waals surface area contributed by atoms with E-state index in [2.05, 4.69) is 4.74 Å². The molecule has 0 saturated heterocycles. The van der Waals surface area contributed by atoms with E-state index in [1.54, 1.807) is 0 Å². The number of benzene rings is 1. The Morgan fingerprint density at radius 1 is 1.15 bits per heavy atom. The molecule has 0 saturated carbocycles. The summed E-state index contributed by atoms with van der Waals surface area (Å²) in [5.41, 5.74) is -1.88. The molecule has 0 aromatic heterocycles. The minimum absolute atomic E-state index is 0.362. The van der Waals surface area contributed by atoms with Crippen LogP contribution < -0.4 is 4.74 Å². The van der Waals surface area contributed by atoms with E-state index in [-0.39, 0.29) is 0 Å². The number of rotatable bonds is 3. The molecule has 0 bridgehead atoms. The van der Waals surface area contributed by atoms with Crippen molar-refractivity contribution in [3.63, 3.8) is 0 Å². The average Bonchev–Trinajstić information content (AvgIpc) is 2.23. The molecule has 0 amide bonds. The van der Waals surface area contributed by atoms with Gasteiger partial charge in [-0.2, -0.15) is 13.2 Å². The molecule has 0 heterocycles. The zero-order valence-corrected chi connectivity index (χ0v) is 9.42. The Morgan fingerprint density at radius 3 is 2.20 bits per heavy atom. The highest BCUT2D eigenvalue weighted by atomic mass is 19.4. The van der Waals surface area contributed by atoms with Gasteiger partial charge in [-0.25, -0.2) is 4.79 Å². The van der Waals surface area contributed by atoms with Crippen molar-refractivity contribution in [3.05, 3.63) is 35.4 Å². The number of hydrogen-bond acceptors (Lipinski definition) is 2. The third kappa shape index (κ3) is 4.82. The Morgan fingerprint density at radius 2 is 1.75 bits per heavy atom. The van der Waals surface area contributed by atoms with Crippen LogP contribution in [0.25, 0.3) is 6.08 Å². The van der Waals surface area contributed by atoms with E-state index >= 15 is 0 Å². The molecular formula is C11H6F6O3. The molecule has 0 fully saturated rings. The van der Waals surface area contributed by atoms with Crippen molar-refractivity contribution in [3.8, 4) is 5.75 Å². The van der Waals surface area contributed by atoms with E-state index in [0.29, 0.717) is 30.4 Å². The highest BCUT2D eigenvalue weighted by molar-refractivity contribution is 5.86. The van der Waals surface area contributed by atoms with E-state index in [1.807, 2.05) is 0 Å². The Balaban J connectivity index is 3.27. The zero-order valence-electron chi connectivity index (χ0n) is 9.42. The van der Waals surface area contributed by atoms with Gasteiger partial charge in [-0.1, -0.05) is 0 Å². The average molecular weight is 300 g/mol. The first kappa shape index (κ1) is 15.9. The fourth-order valence-corrected chi connectivity index (χ4v) is 1.23. The molecule has 0 aliphatic rings. The summed E-state index contributed by atoms with van der Waals surface area (Å²) in [5, 5.41) is 8.36. The van der Waals surface area contributed by atoms with Crippen molar-refractivity contribution in [2.45, 2.75) is 12.5 Å². The maximum absolute atomic E-state index is 12.4. The second kappa shape index (κ2) is 5.43. The summed E-state index contributed by atoms with van der Waals surface area (Å²) in [4.78, 5) is 10.3. The second-order valence-corrected chi connectivity index (χ2v) is 3.47. The molecule has 0 spiro atoms. The maximum atomic E-state index is 12.4. The number of aliphatic carboxylic acids is 1. The first-order chi connectivity index (χ1) is 8.99. The molecule has 9 heteroatoms. The van der Waals surface area contributed by atoms with Crippen molar-refractivity contribution >= 4 is 12.0 Å². The maximum Gasteiger partial charge on any atom is 0.573 e.